The van der Waals surface area contributed by atoms with Gasteiger partial charge in [0.2, 0.25) is 5.91 Å². The zero-order valence-corrected chi connectivity index (χ0v) is 10.9. The maximum Gasteiger partial charge on any atom is 0.231 e. The van der Waals surface area contributed by atoms with E-state index in [0.717, 1.165) is 32.4 Å². The van der Waals surface area contributed by atoms with E-state index in [1.54, 1.807) is 0 Å². The first-order chi connectivity index (χ1) is 8.05. The molecule has 1 fully saturated rings. The van der Waals surface area contributed by atoms with Crippen molar-refractivity contribution in [2.24, 2.45) is 11.7 Å². The second kappa shape index (κ2) is 6.93. The number of nitrogens with one attached hydrogen (secondary N) is 1. The van der Waals surface area contributed by atoms with E-state index in [9.17, 15) is 9.90 Å². The van der Waals surface area contributed by atoms with Gasteiger partial charge < -0.3 is 16.2 Å². The number of likely N-dealkylation sites (N-methyl/N-ethyl adjacent to an activating group) is 1. The van der Waals surface area contributed by atoms with Gasteiger partial charge in [0.15, 0.2) is 0 Å². The van der Waals surface area contributed by atoms with Gasteiger partial charge in [0.1, 0.15) is 0 Å². The molecule has 0 aromatic carbocycles. The van der Waals surface area contributed by atoms with Crippen LogP contribution in [0.25, 0.3) is 0 Å². The number of aliphatic hydroxyl groups excluding tert-OH is 1. The minimum Gasteiger partial charge on any atom is -0.393 e. The Labute approximate surface area is 103 Å². The Balaban J connectivity index is 2.50. The average Bonchev–Trinajstić information content (AvgIpc) is 2.27. The molecule has 3 unspecified atom stereocenters. The Hall–Kier alpha value is -0.650. The zero-order chi connectivity index (χ0) is 12.8. The van der Waals surface area contributed by atoms with Gasteiger partial charge in [-0.15, -0.1) is 0 Å². The van der Waals surface area contributed by atoms with Gasteiger partial charge in [-0.05, 0) is 32.2 Å². The largest absolute Gasteiger partial charge is 0.393 e. The molecule has 1 heterocycles. The molecule has 5 nitrogen and oxygen atoms in total. The number of primary amides is 1. The summed E-state index contributed by atoms with van der Waals surface area (Å²) in [6, 6.07) is 0.386. The van der Waals surface area contributed by atoms with Crippen LogP contribution in [0.4, 0.5) is 0 Å². The fourth-order valence-electron chi connectivity index (χ4n) is 2.58. The van der Waals surface area contributed by atoms with Crippen molar-refractivity contribution in [2.75, 3.05) is 26.7 Å². The van der Waals surface area contributed by atoms with Crippen LogP contribution in [0.1, 0.15) is 26.2 Å². The molecule has 0 radical (unpaired) electrons. The lowest BCUT2D eigenvalue weighted by atomic mass is 9.89. The van der Waals surface area contributed by atoms with Crippen molar-refractivity contribution < 1.29 is 9.90 Å². The second-order valence-electron chi connectivity index (χ2n) is 5.05. The minimum absolute atomic E-state index is 0.231. The van der Waals surface area contributed by atoms with Gasteiger partial charge in [0, 0.05) is 19.1 Å². The van der Waals surface area contributed by atoms with Gasteiger partial charge in [0.25, 0.3) is 0 Å². The molecular formula is C12H25N3O2. The van der Waals surface area contributed by atoms with Gasteiger partial charge in [-0.25, -0.2) is 0 Å². The molecular weight excluding hydrogens is 218 g/mol. The van der Waals surface area contributed by atoms with E-state index in [1.807, 2.05) is 14.0 Å². The third-order valence-corrected chi connectivity index (χ3v) is 3.48. The Morgan fingerprint density at radius 3 is 2.82 bits per heavy atom. The maximum atomic E-state index is 11.0. The lowest BCUT2D eigenvalue weighted by Crippen LogP contribution is -2.50. The number of amides is 1. The molecule has 4 N–H and O–H groups in total. The molecule has 17 heavy (non-hydrogen) atoms. The number of carbonyl (C=O) groups is 1. The third-order valence-electron chi connectivity index (χ3n) is 3.48. The van der Waals surface area contributed by atoms with E-state index in [1.165, 1.54) is 0 Å². The molecule has 0 spiro atoms. The van der Waals surface area contributed by atoms with Gasteiger partial charge >= 0.3 is 0 Å². The molecule has 1 aliphatic rings. The number of hydrogen-bond donors (Lipinski definition) is 3. The first-order valence-corrected chi connectivity index (χ1v) is 6.41. The highest BCUT2D eigenvalue weighted by Gasteiger charge is 2.28. The van der Waals surface area contributed by atoms with Gasteiger partial charge in [-0.2, -0.15) is 0 Å². The predicted octanol–water partition coefficient (Wildman–Crippen LogP) is -0.457. The molecule has 0 aromatic rings. The first kappa shape index (κ1) is 14.4. The Bertz CT molecular complexity index is 246. The van der Waals surface area contributed by atoms with Crippen LogP contribution < -0.4 is 11.1 Å². The van der Waals surface area contributed by atoms with Crippen molar-refractivity contribution in [1.29, 1.82) is 0 Å². The molecule has 1 rings (SSSR count). The smallest absolute Gasteiger partial charge is 0.231 e. The molecule has 1 saturated heterocycles. The van der Waals surface area contributed by atoms with Gasteiger partial charge in [0.05, 0.1) is 12.6 Å². The fraction of sp³-hybridized carbons (Fsp3) is 0.917. The van der Waals surface area contributed by atoms with Crippen LogP contribution in [0.2, 0.25) is 0 Å². The van der Waals surface area contributed by atoms with Crippen molar-refractivity contribution in [2.45, 2.75) is 38.3 Å². The topological polar surface area (TPSA) is 78.6 Å². The summed E-state index contributed by atoms with van der Waals surface area (Å²) in [5, 5.41) is 13.0. The number of carbonyl (C=O) groups excluding carboxylic acids is 1. The molecule has 5 heteroatoms. The zero-order valence-electron chi connectivity index (χ0n) is 10.9. The number of aliphatic hydroxyl groups is 1. The number of nitrogens with two attached hydrogens (primary N) is 1. The Morgan fingerprint density at radius 1 is 1.59 bits per heavy atom. The van der Waals surface area contributed by atoms with Crippen molar-refractivity contribution >= 4 is 5.91 Å². The summed E-state index contributed by atoms with van der Waals surface area (Å²) in [4.78, 5) is 13.0. The standard InChI is InChI=1S/C12H25N3O2/c1-3-11(16)5-9-4-10(14-2)7-15(6-9)8-12(13)17/h9-11,14,16H,3-8H2,1-2H3,(H2,13,17). The van der Waals surface area contributed by atoms with Gasteiger partial charge in [-0.1, -0.05) is 6.92 Å². The van der Waals surface area contributed by atoms with Crippen LogP contribution >= 0.6 is 0 Å². The highest BCUT2D eigenvalue weighted by Crippen LogP contribution is 2.22. The highest BCUT2D eigenvalue weighted by atomic mass is 16.3. The molecule has 1 amide bonds. The van der Waals surface area contributed by atoms with E-state index >= 15 is 0 Å². The number of nitrogens with zero attached hydrogens (tertiary/aromatic N) is 1. The molecule has 100 valence electrons. The predicted molar refractivity (Wildman–Crippen MR) is 67.5 cm³/mol. The van der Waals surface area contributed by atoms with E-state index in [0.29, 0.717) is 18.5 Å². The number of likely N-dealkylation sites (tertiary alicyclic amines) is 1. The average molecular weight is 243 g/mol. The van der Waals surface area contributed by atoms with Crippen LogP contribution in [-0.4, -0.2) is 54.7 Å². The Kier molecular flexibility index (Phi) is 5.88. The second-order valence-corrected chi connectivity index (χ2v) is 5.05. The highest BCUT2D eigenvalue weighted by molar-refractivity contribution is 5.75. The summed E-state index contributed by atoms with van der Waals surface area (Å²) < 4.78 is 0. The van der Waals surface area contributed by atoms with Gasteiger partial charge in [-0.3, -0.25) is 9.69 Å². The molecule has 0 aromatic heterocycles. The van der Waals surface area contributed by atoms with Crippen LogP contribution in [0.15, 0.2) is 0 Å². The molecule has 0 aliphatic carbocycles. The Morgan fingerprint density at radius 2 is 2.29 bits per heavy atom. The summed E-state index contributed by atoms with van der Waals surface area (Å²) >= 11 is 0. The monoisotopic (exact) mass is 243 g/mol. The summed E-state index contributed by atoms with van der Waals surface area (Å²) in [5.74, 6) is 0.159. The number of rotatable bonds is 6. The normalized spacial score (nSPS) is 27.9. The van der Waals surface area contributed by atoms with Crippen molar-refractivity contribution in [1.82, 2.24) is 10.2 Å². The summed E-state index contributed by atoms with van der Waals surface area (Å²) in [5.41, 5.74) is 5.23. The van der Waals surface area contributed by atoms with Crippen LogP contribution in [0, 0.1) is 5.92 Å². The third kappa shape index (κ3) is 5.02. The quantitative estimate of drug-likeness (QED) is 0.590. The summed E-state index contributed by atoms with van der Waals surface area (Å²) in [7, 11) is 1.94. The SMILES string of the molecule is CCC(O)CC1CC(NC)CN(CC(N)=O)C1. The fourth-order valence-corrected chi connectivity index (χ4v) is 2.58. The van der Waals surface area contributed by atoms with Crippen molar-refractivity contribution in [3.8, 4) is 0 Å². The van der Waals surface area contributed by atoms with Crippen molar-refractivity contribution in [3.63, 3.8) is 0 Å². The summed E-state index contributed by atoms with van der Waals surface area (Å²) in [6.07, 6.45) is 2.43. The van der Waals surface area contributed by atoms with E-state index < -0.39 is 0 Å². The molecule has 0 saturated carbocycles. The van der Waals surface area contributed by atoms with E-state index in [-0.39, 0.29) is 12.0 Å². The number of hydrogen-bond acceptors (Lipinski definition) is 4. The van der Waals surface area contributed by atoms with Crippen LogP contribution in [0.3, 0.4) is 0 Å². The lowest BCUT2D eigenvalue weighted by molar-refractivity contribution is -0.119. The molecule has 0 bridgehead atoms. The lowest BCUT2D eigenvalue weighted by Gasteiger charge is -2.37. The van der Waals surface area contributed by atoms with Crippen LogP contribution in [-0.2, 0) is 4.79 Å². The first-order valence-electron chi connectivity index (χ1n) is 6.41. The number of piperidine rings is 1. The van der Waals surface area contributed by atoms with E-state index in [2.05, 4.69) is 10.2 Å². The molecule has 3 atom stereocenters. The van der Waals surface area contributed by atoms with Crippen LogP contribution in [0.5, 0.6) is 0 Å². The van der Waals surface area contributed by atoms with E-state index in [4.69, 9.17) is 5.73 Å². The minimum atomic E-state index is -0.281. The van der Waals surface area contributed by atoms with Crippen molar-refractivity contribution in [3.05, 3.63) is 0 Å². The maximum absolute atomic E-state index is 11.0. The summed E-state index contributed by atoms with van der Waals surface area (Å²) in [6.45, 7) is 4.03. The molecule has 1 aliphatic heterocycles.